The molecule has 0 aliphatic carbocycles. The molecule has 0 bridgehead atoms. The van der Waals surface area contributed by atoms with Gasteiger partial charge in [0, 0.05) is 37.8 Å². The summed E-state index contributed by atoms with van der Waals surface area (Å²) in [5.74, 6) is 2.51. The normalized spacial score (nSPS) is 19.1. The minimum Gasteiger partial charge on any atom is -0.493 e. The van der Waals surface area contributed by atoms with E-state index in [1.165, 1.54) is 13.5 Å². The summed E-state index contributed by atoms with van der Waals surface area (Å²) >= 11 is 0. The summed E-state index contributed by atoms with van der Waals surface area (Å²) < 4.78 is 12.4. The molecule has 1 aliphatic heterocycles. The predicted molar refractivity (Wildman–Crippen MR) is 132 cm³/mol. The average Bonchev–Trinajstić information content (AvgIpc) is 2.76. The number of methoxy groups -OCH3 is 2. The molecule has 1 fully saturated rings. The van der Waals surface area contributed by atoms with E-state index in [1.54, 1.807) is 30.0 Å². The van der Waals surface area contributed by atoms with Gasteiger partial charge in [-0.15, -0.1) is 0 Å². The molecule has 2 heterocycles. The van der Waals surface area contributed by atoms with Crippen molar-refractivity contribution < 1.29 is 14.3 Å². The molecular formula is C26H39N3O4. The second-order valence-corrected chi connectivity index (χ2v) is 9.96. The van der Waals surface area contributed by atoms with Gasteiger partial charge >= 0.3 is 0 Å². The van der Waals surface area contributed by atoms with E-state index in [9.17, 15) is 9.59 Å². The van der Waals surface area contributed by atoms with Crippen LogP contribution in [0.15, 0.2) is 23.1 Å². The number of amides is 1. The number of hydrogen-bond acceptors (Lipinski definition) is 5. The number of ether oxygens (including phenoxy) is 2. The van der Waals surface area contributed by atoms with Gasteiger partial charge in [0.05, 0.1) is 25.2 Å². The van der Waals surface area contributed by atoms with Gasteiger partial charge in [0.25, 0.3) is 11.5 Å². The molecule has 7 nitrogen and oxygen atoms in total. The van der Waals surface area contributed by atoms with Crippen LogP contribution in [0, 0.1) is 17.8 Å². The molecule has 1 N–H and O–H groups in total. The van der Waals surface area contributed by atoms with Crippen LogP contribution < -0.4 is 20.3 Å². The van der Waals surface area contributed by atoms with Crippen LogP contribution >= 0.6 is 0 Å². The lowest BCUT2D eigenvalue weighted by Gasteiger charge is -2.34. The van der Waals surface area contributed by atoms with Crippen LogP contribution in [-0.2, 0) is 6.54 Å². The molecule has 2 aromatic rings. The number of benzene rings is 1. The molecule has 1 aromatic carbocycles. The van der Waals surface area contributed by atoms with Crippen LogP contribution in [0.25, 0.3) is 10.8 Å². The first-order chi connectivity index (χ1) is 15.7. The highest BCUT2D eigenvalue weighted by atomic mass is 16.5. The number of nitrogens with zero attached hydrogens (tertiary/aromatic N) is 2. The van der Waals surface area contributed by atoms with E-state index >= 15 is 0 Å². The Hall–Kier alpha value is -2.54. The molecule has 0 spiro atoms. The summed E-state index contributed by atoms with van der Waals surface area (Å²) in [6, 6.07) is 3.39. The van der Waals surface area contributed by atoms with Crippen LogP contribution in [0.2, 0.25) is 0 Å². The van der Waals surface area contributed by atoms with Crippen molar-refractivity contribution in [1.29, 1.82) is 0 Å². The Morgan fingerprint density at radius 1 is 1.09 bits per heavy atom. The third-order valence-electron chi connectivity index (χ3n) is 6.28. The Labute approximate surface area is 197 Å². The number of rotatable bonds is 9. The zero-order valence-electron chi connectivity index (χ0n) is 20.9. The number of aromatic nitrogens is 1. The van der Waals surface area contributed by atoms with Crippen molar-refractivity contribution in [3.8, 4) is 11.5 Å². The van der Waals surface area contributed by atoms with Crippen LogP contribution in [0.1, 0.15) is 50.9 Å². The zero-order valence-corrected chi connectivity index (χ0v) is 20.9. The third-order valence-corrected chi connectivity index (χ3v) is 6.28. The molecule has 1 aromatic heterocycles. The minimum absolute atomic E-state index is 0.135. The number of hydrogen-bond donors (Lipinski definition) is 1. The quantitative estimate of drug-likeness (QED) is 0.581. The first-order valence-corrected chi connectivity index (χ1v) is 12.0. The summed E-state index contributed by atoms with van der Waals surface area (Å²) in [6.07, 6.45) is 3.87. The summed E-state index contributed by atoms with van der Waals surface area (Å²) in [5.41, 5.74) is 0.343. The van der Waals surface area contributed by atoms with E-state index < -0.39 is 0 Å². The van der Waals surface area contributed by atoms with Gasteiger partial charge in [-0.25, -0.2) is 0 Å². The van der Waals surface area contributed by atoms with Gasteiger partial charge in [0.2, 0.25) is 0 Å². The Balaban J connectivity index is 1.81. The first-order valence-electron chi connectivity index (χ1n) is 12.0. The smallest absolute Gasteiger partial charge is 0.258 e. The molecule has 2 unspecified atom stereocenters. The van der Waals surface area contributed by atoms with Gasteiger partial charge < -0.3 is 24.3 Å². The summed E-state index contributed by atoms with van der Waals surface area (Å²) in [4.78, 5) is 28.8. The number of piperidine rings is 1. The van der Waals surface area contributed by atoms with E-state index in [0.717, 1.165) is 37.9 Å². The van der Waals surface area contributed by atoms with Crippen LogP contribution in [0.5, 0.6) is 11.5 Å². The number of carbonyl (C=O) groups is 1. The zero-order chi connectivity index (χ0) is 24.1. The topological polar surface area (TPSA) is 72.8 Å². The van der Waals surface area contributed by atoms with Crippen molar-refractivity contribution in [3.63, 3.8) is 0 Å². The monoisotopic (exact) mass is 457 g/mol. The number of pyridine rings is 1. The van der Waals surface area contributed by atoms with E-state index in [2.05, 4.69) is 24.1 Å². The van der Waals surface area contributed by atoms with Gasteiger partial charge in [-0.05, 0) is 49.3 Å². The number of carbonyl (C=O) groups excluding carboxylic acids is 1. The Morgan fingerprint density at radius 2 is 1.70 bits per heavy atom. The highest BCUT2D eigenvalue weighted by Gasteiger charge is 2.22. The molecule has 1 amide bonds. The molecule has 7 heteroatoms. The Kier molecular flexibility index (Phi) is 8.40. The van der Waals surface area contributed by atoms with E-state index in [-0.39, 0.29) is 17.4 Å². The first kappa shape index (κ1) is 25.1. The maximum absolute atomic E-state index is 13.2. The lowest BCUT2D eigenvalue weighted by atomic mass is 9.92. The van der Waals surface area contributed by atoms with Gasteiger partial charge in [-0.3, -0.25) is 9.59 Å². The fraction of sp³-hybridized carbons (Fsp3) is 0.615. The van der Waals surface area contributed by atoms with Crippen molar-refractivity contribution in [1.82, 2.24) is 14.8 Å². The van der Waals surface area contributed by atoms with Crippen molar-refractivity contribution in [2.75, 3.05) is 40.4 Å². The van der Waals surface area contributed by atoms with Gasteiger partial charge in [-0.2, -0.15) is 0 Å². The van der Waals surface area contributed by atoms with Crippen molar-refractivity contribution in [2.45, 2.75) is 47.1 Å². The number of fused-ring (bicyclic) bond motifs is 1. The van der Waals surface area contributed by atoms with Crippen LogP contribution in [-0.4, -0.2) is 55.8 Å². The van der Waals surface area contributed by atoms with Gasteiger partial charge in [0.15, 0.2) is 11.5 Å². The summed E-state index contributed by atoms with van der Waals surface area (Å²) in [5, 5.41) is 4.10. The lowest BCUT2D eigenvalue weighted by molar-refractivity contribution is 0.0948. The Morgan fingerprint density at radius 3 is 2.27 bits per heavy atom. The largest absolute Gasteiger partial charge is 0.493 e. The maximum Gasteiger partial charge on any atom is 0.258 e. The van der Waals surface area contributed by atoms with E-state index in [0.29, 0.717) is 40.9 Å². The molecule has 2 atom stereocenters. The molecule has 0 radical (unpaired) electrons. The van der Waals surface area contributed by atoms with E-state index in [4.69, 9.17) is 9.47 Å². The van der Waals surface area contributed by atoms with Crippen LogP contribution in [0.3, 0.4) is 0 Å². The number of likely N-dealkylation sites (tertiary alicyclic amines) is 1. The third kappa shape index (κ3) is 6.08. The van der Waals surface area contributed by atoms with E-state index in [1.807, 2.05) is 13.8 Å². The summed E-state index contributed by atoms with van der Waals surface area (Å²) in [6.45, 7) is 13.1. The average molecular weight is 458 g/mol. The molecule has 182 valence electrons. The molecule has 3 rings (SSSR count). The molecule has 1 aliphatic rings. The maximum atomic E-state index is 13.2. The second kappa shape index (κ2) is 11.1. The predicted octanol–water partition coefficient (Wildman–Crippen LogP) is 3.77. The fourth-order valence-electron chi connectivity index (χ4n) is 5.00. The number of nitrogens with one attached hydrogen (secondary N) is 1. The highest BCUT2D eigenvalue weighted by molar-refractivity contribution is 6.07. The standard InChI is InChI=1S/C26H39N3O4/c1-17(2)13-29-16-22(20-11-23(32-5)24(33-6)12-21(20)26(29)31)25(30)27-8-7-9-28-14-18(3)10-19(4)15-28/h11-12,16-19H,7-10,13-15H2,1-6H3,(H,27,30). The SMILES string of the molecule is COc1cc2c(C(=O)NCCCN3CC(C)CC(C)C3)cn(CC(C)C)c(=O)c2cc1OC. The van der Waals surface area contributed by atoms with Gasteiger partial charge in [0.1, 0.15) is 0 Å². The molecule has 0 saturated carbocycles. The van der Waals surface area contributed by atoms with Crippen molar-refractivity contribution >= 4 is 16.7 Å². The lowest BCUT2D eigenvalue weighted by Crippen LogP contribution is -2.40. The van der Waals surface area contributed by atoms with Crippen molar-refractivity contribution in [3.05, 3.63) is 34.2 Å². The van der Waals surface area contributed by atoms with Gasteiger partial charge in [-0.1, -0.05) is 27.7 Å². The second-order valence-electron chi connectivity index (χ2n) is 9.96. The molecular weight excluding hydrogens is 418 g/mol. The van der Waals surface area contributed by atoms with Crippen LogP contribution in [0.4, 0.5) is 0 Å². The highest BCUT2D eigenvalue weighted by Crippen LogP contribution is 2.32. The Bertz CT molecular complexity index is 1020. The molecule has 1 saturated heterocycles. The molecule has 33 heavy (non-hydrogen) atoms. The fourth-order valence-corrected chi connectivity index (χ4v) is 5.00. The minimum atomic E-state index is -0.176. The summed E-state index contributed by atoms with van der Waals surface area (Å²) in [7, 11) is 3.09. The van der Waals surface area contributed by atoms with Crippen molar-refractivity contribution in [2.24, 2.45) is 17.8 Å².